The van der Waals surface area contributed by atoms with Crippen LogP contribution in [0.15, 0.2) is 12.1 Å². The summed E-state index contributed by atoms with van der Waals surface area (Å²) in [5.74, 6) is -5.06. The third kappa shape index (κ3) is 1.65. The quantitative estimate of drug-likeness (QED) is 0.728. The van der Waals surface area contributed by atoms with E-state index in [1.807, 2.05) is 0 Å². The molecule has 0 aromatic heterocycles. The molecule has 1 amide bonds. The van der Waals surface area contributed by atoms with Crippen LogP contribution in [0, 0.1) is 17.5 Å². The van der Waals surface area contributed by atoms with Crippen molar-refractivity contribution in [1.82, 2.24) is 4.90 Å². The molecule has 0 atom stereocenters. The van der Waals surface area contributed by atoms with E-state index in [1.165, 1.54) is 4.90 Å². The number of likely N-dealkylation sites (tertiary alicyclic amines) is 1. The third-order valence-corrected chi connectivity index (χ3v) is 2.46. The smallest absolute Gasteiger partial charge is 0.257 e. The number of halogens is 3. The van der Waals surface area contributed by atoms with Gasteiger partial charge in [-0.2, -0.15) is 0 Å². The molecule has 2 N–H and O–H groups in total. The summed E-state index contributed by atoms with van der Waals surface area (Å²) in [6.07, 6.45) is 0. The minimum atomic E-state index is -1.63. The molecule has 1 aliphatic heterocycles. The van der Waals surface area contributed by atoms with Gasteiger partial charge in [0.05, 0.1) is 5.56 Å². The second kappa shape index (κ2) is 3.79. The number of hydrogen-bond donors (Lipinski definition) is 1. The Labute approximate surface area is 89.6 Å². The van der Waals surface area contributed by atoms with Crippen LogP contribution >= 0.6 is 0 Å². The molecule has 16 heavy (non-hydrogen) atoms. The largest absolute Gasteiger partial charge is 0.335 e. The minimum absolute atomic E-state index is 0.127. The van der Waals surface area contributed by atoms with Gasteiger partial charge in [-0.05, 0) is 12.1 Å². The predicted molar refractivity (Wildman–Crippen MR) is 50.2 cm³/mol. The van der Waals surface area contributed by atoms with E-state index in [4.69, 9.17) is 5.73 Å². The molecule has 0 aliphatic carbocycles. The van der Waals surface area contributed by atoms with Crippen LogP contribution in [0.3, 0.4) is 0 Å². The lowest BCUT2D eigenvalue weighted by Crippen LogP contribution is -2.57. The number of nitrogens with zero attached hydrogens (tertiary/aromatic N) is 1. The van der Waals surface area contributed by atoms with Crippen molar-refractivity contribution in [3.8, 4) is 0 Å². The highest BCUT2D eigenvalue weighted by Gasteiger charge is 2.31. The van der Waals surface area contributed by atoms with E-state index in [1.54, 1.807) is 0 Å². The third-order valence-electron chi connectivity index (χ3n) is 2.46. The summed E-state index contributed by atoms with van der Waals surface area (Å²) >= 11 is 0. The van der Waals surface area contributed by atoms with Gasteiger partial charge >= 0.3 is 0 Å². The first kappa shape index (κ1) is 10.9. The zero-order valence-corrected chi connectivity index (χ0v) is 8.21. The van der Waals surface area contributed by atoms with Gasteiger partial charge in [-0.25, -0.2) is 13.2 Å². The molecule has 0 saturated carbocycles. The Morgan fingerprint density at radius 2 is 1.88 bits per heavy atom. The lowest BCUT2D eigenvalue weighted by atomic mass is 10.1. The highest BCUT2D eigenvalue weighted by molar-refractivity contribution is 5.95. The molecule has 1 fully saturated rings. The molecular weight excluding hydrogens is 221 g/mol. The van der Waals surface area contributed by atoms with Crippen molar-refractivity contribution in [1.29, 1.82) is 0 Å². The molecule has 2 rings (SSSR count). The molecule has 0 unspecified atom stereocenters. The normalized spacial score (nSPS) is 16.1. The first-order valence-electron chi connectivity index (χ1n) is 4.69. The molecular formula is C10H9F3N2O. The monoisotopic (exact) mass is 230 g/mol. The highest BCUT2D eigenvalue weighted by atomic mass is 19.2. The SMILES string of the molecule is NC1CN(C(=O)c2ccc(F)c(F)c2F)C1. The Kier molecular flexibility index (Phi) is 2.59. The number of nitrogens with two attached hydrogens (primary N) is 1. The topological polar surface area (TPSA) is 46.3 Å². The molecule has 86 valence electrons. The Hall–Kier alpha value is -1.56. The number of carbonyl (C=O) groups is 1. The van der Waals surface area contributed by atoms with E-state index in [0.29, 0.717) is 13.1 Å². The van der Waals surface area contributed by atoms with Crippen LogP contribution < -0.4 is 5.73 Å². The Balaban J connectivity index is 2.27. The molecule has 1 aromatic rings. The molecule has 0 radical (unpaired) electrons. The zero-order chi connectivity index (χ0) is 11.9. The average Bonchev–Trinajstić information content (AvgIpc) is 2.21. The van der Waals surface area contributed by atoms with Gasteiger partial charge in [0.2, 0.25) is 0 Å². The summed E-state index contributed by atoms with van der Waals surface area (Å²) in [7, 11) is 0. The van der Waals surface area contributed by atoms with Crippen molar-refractivity contribution >= 4 is 5.91 Å². The number of rotatable bonds is 1. The van der Waals surface area contributed by atoms with Crippen LogP contribution in [-0.2, 0) is 0 Å². The standard InChI is InChI=1S/C10H9F3N2O/c11-7-2-1-6(8(12)9(7)13)10(16)15-3-5(14)4-15/h1-2,5H,3-4,14H2. The van der Waals surface area contributed by atoms with Crippen LogP contribution in [0.4, 0.5) is 13.2 Å². The molecule has 1 aliphatic rings. The first-order chi connectivity index (χ1) is 7.50. The maximum Gasteiger partial charge on any atom is 0.257 e. The van der Waals surface area contributed by atoms with Crippen LogP contribution in [0.1, 0.15) is 10.4 Å². The van der Waals surface area contributed by atoms with Gasteiger partial charge < -0.3 is 10.6 Å². The fraction of sp³-hybridized carbons (Fsp3) is 0.300. The van der Waals surface area contributed by atoms with E-state index in [-0.39, 0.29) is 6.04 Å². The van der Waals surface area contributed by atoms with Gasteiger partial charge in [-0.15, -0.1) is 0 Å². The Morgan fingerprint density at radius 3 is 2.44 bits per heavy atom. The van der Waals surface area contributed by atoms with E-state index in [9.17, 15) is 18.0 Å². The molecule has 0 spiro atoms. The number of amides is 1. The Morgan fingerprint density at radius 1 is 1.25 bits per heavy atom. The number of hydrogen-bond acceptors (Lipinski definition) is 2. The lowest BCUT2D eigenvalue weighted by Gasteiger charge is -2.36. The second-order valence-electron chi connectivity index (χ2n) is 3.69. The summed E-state index contributed by atoms with van der Waals surface area (Å²) in [6, 6.07) is 1.53. The van der Waals surface area contributed by atoms with Crippen molar-refractivity contribution in [3.63, 3.8) is 0 Å². The van der Waals surface area contributed by atoms with E-state index in [0.717, 1.165) is 12.1 Å². The number of benzene rings is 1. The van der Waals surface area contributed by atoms with Crippen LogP contribution in [0.2, 0.25) is 0 Å². The zero-order valence-electron chi connectivity index (χ0n) is 8.21. The average molecular weight is 230 g/mol. The molecule has 0 bridgehead atoms. The highest BCUT2D eigenvalue weighted by Crippen LogP contribution is 2.19. The van der Waals surface area contributed by atoms with E-state index in [2.05, 4.69) is 0 Å². The van der Waals surface area contributed by atoms with Gasteiger partial charge in [-0.3, -0.25) is 4.79 Å². The van der Waals surface area contributed by atoms with Crippen LogP contribution in [0.25, 0.3) is 0 Å². The van der Waals surface area contributed by atoms with Gasteiger partial charge in [-0.1, -0.05) is 0 Å². The fourth-order valence-corrected chi connectivity index (χ4v) is 1.54. The number of carbonyl (C=O) groups excluding carboxylic acids is 1. The summed E-state index contributed by atoms with van der Waals surface area (Å²) in [6.45, 7) is 0.606. The van der Waals surface area contributed by atoms with Crippen molar-refractivity contribution in [3.05, 3.63) is 35.1 Å². The summed E-state index contributed by atoms with van der Waals surface area (Å²) in [4.78, 5) is 12.9. The summed E-state index contributed by atoms with van der Waals surface area (Å²) < 4.78 is 38.7. The summed E-state index contributed by atoms with van der Waals surface area (Å²) in [5.41, 5.74) is 4.99. The molecule has 6 heteroatoms. The van der Waals surface area contributed by atoms with Crippen molar-refractivity contribution in [2.45, 2.75) is 6.04 Å². The maximum absolute atomic E-state index is 13.2. The second-order valence-corrected chi connectivity index (χ2v) is 3.69. The van der Waals surface area contributed by atoms with E-state index >= 15 is 0 Å². The van der Waals surface area contributed by atoms with Gasteiger partial charge in [0.25, 0.3) is 5.91 Å². The van der Waals surface area contributed by atoms with Crippen LogP contribution in [-0.4, -0.2) is 29.9 Å². The minimum Gasteiger partial charge on any atom is -0.335 e. The van der Waals surface area contributed by atoms with Crippen molar-refractivity contribution < 1.29 is 18.0 Å². The van der Waals surface area contributed by atoms with Crippen molar-refractivity contribution in [2.24, 2.45) is 5.73 Å². The van der Waals surface area contributed by atoms with Crippen molar-refractivity contribution in [2.75, 3.05) is 13.1 Å². The van der Waals surface area contributed by atoms with Gasteiger partial charge in [0, 0.05) is 19.1 Å². The summed E-state index contributed by atoms with van der Waals surface area (Å²) in [5, 5.41) is 0. The maximum atomic E-state index is 13.2. The van der Waals surface area contributed by atoms with Gasteiger partial charge in [0.15, 0.2) is 17.5 Å². The van der Waals surface area contributed by atoms with Crippen LogP contribution in [0.5, 0.6) is 0 Å². The molecule has 1 aromatic carbocycles. The predicted octanol–water partition coefficient (Wildman–Crippen LogP) is 0.887. The molecule has 3 nitrogen and oxygen atoms in total. The first-order valence-corrected chi connectivity index (χ1v) is 4.69. The molecule has 1 heterocycles. The lowest BCUT2D eigenvalue weighted by molar-refractivity contribution is 0.0602. The van der Waals surface area contributed by atoms with Gasteiger partial charge in [0.1, 0.15) is 0 Å². The van der Waals surface area contributed by atoms with E-state index < -0.39 is 28.9 Å². The fourth-order valence-electron chi connectivity index (χ4n) is 1.54. The molecule has 1 saturated heterocycles. The Bertz CT molecular complexity index is 444.